The molecule has 0 saturated carbocycles. The Bertz CT molecular complexity index is 666. The topological polar surface area (TPSA) is 79.3 Å². The van der Waals surface area contributed by atoms with Gasteiger partial charge in [-0.25, -0.2) is 9.78 Å². The summed E-state index contributed by atoms with van der Waals surface area (Å²) in [7, 11) is 0. The smallest absolute Gasteiger partial charge is 0.326 e. The largest absolute Gasteiger partial charge is 0.480 e. The molecule has 0 aliphatic heterocycles. The fourth-order valence-corrected chi connectivity index (χ4v) is 3.86. The molecular weight excluding hydrogens is 332 g/mol. The highest BCUT2D eigenvalue weighted by molar-refractivity contribution is 7.80. The van der Waals surface area contributed by atoms with Gasteiger partial charge in [0, 0.05) is 18.1 Å². The van der Waals surface area contributed by atoms with Crippen LogP contribution in [0.1, 0.15) is 18.9 Å². The summed E-state index contributed by atoms with van der Waals surface area (Å²) in [4.78, 5) is 28.2. The lowest BCUT2D eigenvalue weighted by atomic mass is 9.96. The maximum Gasteiger partial charge on any atom is 0.326 e. The Morgan fingerprint density at radius 3 is 2.61 bits per heavy atom. The maximum atomic E-state index is 12.3. The lowest BCUT2D eigenvalue weighted by Crippen LogP contribution is -2.46. The summed E-state index contributed by atoms with van der Waals surface area (Å²) < 4.78 is 1.01. The number of hydrogen-bond acceptors (Lipinski definition) is 5. The number of para-hydroxylation sites is 1. The predicted molar refractivity (Wildman–Crippen MR) is 95.1 cm³/mol. The van der Waals surface area contributed by atoms with E-state index in [0.29, 0.717) is 10.8 Å². The van der Waals surface area contributed by atoms with Crippen LogP contribution >= 0.6 is 24.0 Å². The van der Waals surface area contributed by atoms with Crippen LogP contribution in [-0.2, 0) is 16.0 Å². The Morgan fingerprint density at radius 1 is 1.35 bits per heavy atom. The quantitative estimate of drug-likeness (QED) is 0.669. The van der Waals surface area contributed by atoms with Crippen molar-refractivity contribution in [1.82, 2.24) is 10.3 Å². The molecule has 0 fully saturated rings. The number of carbonyl (C=O) groups excluding carboxylic acids is 1. The Labute approximate surface area is 144 Å². The molecule has 23 heavy (non-hydrogen) atoms. The van der Waals surface area contributed by atoms with Gasteiger partial charge in [0.15, 0.2) is 0 Å². The lowest BCUT2D eigenvalue weighted by molar-refractivity contribution is -0.142. The molecule has 0 spiro atoms. The number of aliphatic carboxylic acids is 1. The summed E-state index contributed by atoms with van der Waals surface area (Å²) in [6.45, 7) is 3.84. The number of nitrogens with zero attached hydrogens (tertiary/aromatic N) is 1. The number of nitrogens with one attached hydrogen (secondary N) is 1. The van der Waals surface area contributed by atoms with Crippen molar-refractivity contribution in [3.8, 4) is 0 Å². The highest BCUT2D eigenvalue weighted by Crippen LogP contribution is 2.22. The maximum absolute atomic E-state index is 12.3. The second-order valence-corrected chi connectivity index (χ2v) is 7.19. The van der Waals surface area contributed by atoms with Crippen molar-refractivity contribution in [2.75, 3.05) is 5.75 Å². The average Bonchev–Trinajstić information content (AvgIpc) is 2.89. The van der Waals surface area contributed by atoms with Crippen molar-refractivity contribution in [2.45, 2.75) is 26.3 Å². The van der Waals surface area contributed by atoms with Gasteiger partial charge in [-0.2, -0.15) is 12.6 Å². The van der Waals surface area contributed by atoms with Crippen molar-refractivity contribution in [3.63, 3.8) is 0 Å². The summed E-state index contributed by atoms with van der Waals surface area (Å²) >= 11 is 5.63. The standard InChI is InChI=1S/C16H20N2O3S2/c1-9(2)10(8-22)15(19)18-12(16(20)21)7-14-17-11-5-3-4-6-13(11)23-14/h3-6,9-10,12,22H,7-8H2,1-2H3,(H,18,19)(H,20,21)/t10-,12-/m0/s1. The summed E-state index contributed by atoms with van der Waals surface area (Å²) in [5, 5.41) is 12.7. The van der Waals surface area contributed by atoms with E-state index in [-0.39, 0.29) is 24.2 Å². The van der Waals surface area contributed by atoms with Crippen LogP contribution in [0.4, 0.5) is 0 Å². The van der Waals surface area contributed by atoms with Crippen molar-refractivity contribution in [1.29, 1.82) is 0 Å². The number of benzene rings is 1. The van der Waals surface area contributed by atoms with E-state index in [2.05, 4.69) is 22.9 Å². The minimum atomic E-state index is -1.06. The average molecular weight is 352 g/mol. The number of fused-ring (bicyclic) bond motifs is 1. The van der Waals surface area contributed by atoms with Crippen LogP contribution in [0.5, 0.6) is 0 Å². The molecule has 5 nitrogen and oxygen atoms in total. The summed E-state index contributed by atoms with van der Waals surface area (Å²) in [5.74, 6) is -1.15. The number of carboxylic acid groups (broad SMARTS) is 1. The molecule has 2 rings (SSSR count). The van der Waals surface area contributed by atoms with Crippen LogP contribution < -0.4 is 5.32 Å². The Balaban J connectivity index is 2.12. The van der Waals surface area contributed by atoms with Gasteiger partial charge in [0.2, 0.25) is 5.91 Å². The van der Waals surface area contributed by atoms with Crippen LogP contribution in [0.2, 0.25) is 0 Å². The molecule has 2 aromatic rings. The second-order valence-electron chi connectivity index (χ2n) is 5.71. The van der Waals surface area contributed by atoms with Gasteiger partial charge >= 0.3 is 5.97 Å². The molecular formula is C16H20N2O3S2. The van der Waals surface area contributed by atoms with E-state index in [1.165, 1.54) is 11.3 Å². The van der Waals surface area contributed by atoms with Gasteiger partial charge in [0.25, 0.3) is 0 Å². The fourth-order valence-electron chi connectivity index (χ4n) is 2.26. The molecule has 124 valence electrons. The SMILES string of the molecule is CC(C)[C@H](CS)C(=O)N[C@@H](Cc1nc2ccccc2s1)C(=O)O. The molecule has 1 aromatic heterocycles. The van der Waals surface area contributed by atoms with Crippen LogP contribution in [0.3, 0.4) is 0 Å². The summed E-state index contributed by atoms with van der Waals surface area (Å²) in [6.07, 6.45) is 0.178. The Hall–Kier alpha value is -1.60. The van der Waals surface area contributed by atoms with Crippen molar-refractivity contribution in [2.24, 2.45) is 11.8 Å². The van der Waals surface area contributed by atoms with Crippen LogP contribution in [0, 0.1) is 11.8 Å². The molecule has 0 aliphatic carbocycles. The first-order chi connectivity index (χ1) is 10.9. The van der Waals surface area contributed by atoms with Crippen LogP contribution in [-0.4, -0.2) is 33.8 Å². The zero-order chi connectivity index (χ0) is 17.0. The van der Waals surface area contributed by atoms with E-state index in [0.717, 1.165) is 10.2 Å². The molecule has 1 aromatic carbocycles. The van der Waals surface area contributed by atoms with Crippen molar-refractivity contribution < 1.29 is 14.7 Å². The number of amides is 1. The number of hydrogen-bond donors (Lipinski definition) is 3. The lowest BCUT2D eigenvalue weighted by Gasteiger charge is -2.21. The van der Waals surface area contributed by atoms with E-state index in [1.807, 2.05) is 38.1 Å². The molecule has 0 saturated heterocycles. The molecule has 7 heteroatoms. The van der Waals surface area contributed by atoms with Gasteiger partial charge in [-0.3, -0.25) is 4.79 Å². The zero-order valence-corrected chi connectivity index (χ0v) is 14.7. The van der Waals surface area contributed by atoms with Crippen molar-refractivity contribution >= 4 is 46.1 Å². The summed E-state index contributed by atoms with van der Waals surface area (Å²) in [5.41, 5.74) is 0.846. The van der Waals surface area contributed by atoms with Gasteiger partial charge in [0.05, 0.1) is 15.2 Å². The van der Waals surface area contributed by atoms with Crippen LogP contribution in [0.15, 0.2) is 24.3 Å². The number of carboxylic acids is 1. The highest BCUT2D eigenvalue weighted by atomic mass is 32.1. The number of rotatable bonds is 7. The van der Waals surface area contributed by atoms with E-state index < -0.39 is 12.0 Å². The molecule has 1 amide bonds. The molecule has 0 unspecified atom stereocenters. The number of thiazole rings is 1. The third kappa shape index (κ3) is 4.45. The minimum absolute atomic E-state index is 0.101. The van der Waals surface area contributed by atoms with Gasteiger partial charge in [-0.15, -0.1) is 11.3 Å². The van der Waals surface area contributed by atoms with Gasteiger partial charge in [0.1, 0.15) is 6.04 Å². The second kappa shape index (κ2) is 7.79. The highest BCUT2D eigenvalue weighted by Gasteiger charge is 2.27. The van der Waals surface area contributed by atoms with E-state index in [4.69, 9.17) is 0 Å². The molecule has 0 radical (unpaired) electrons. The van der Waals surface area contributed by atoms with Gasteiger partial charge in [-0.05, 0) is 18.1 Å². The van der Waals surface area contributed by atoms with E-state index in [9.17, 15) is 14.7 Å². The fraction of sp³-hybridized carbons (Fsp3) is 0.438. The minimum Gasteiger partial charge on any atom is -0.480 e. The van der Waals surface area contributed by atoms with Gasteiger partial charge in [-0.1, -0.05) is 26.0 Å². The normalized spacial score (nSPS) is 13.9. The zero-order valence-electron chi connectivity index (χ0n) is 13.0. The van der Waals surface area contributed by atoms with Gasteiger partial charge < -0.3 is 10.4 Å². The predicted octanol–water partition coefficient (Wildman–Crippen LogP) is 2.61. The van der Waals surface area contributed by atoms with Crippen molar-refractivity contribution in [3.05, 3.63) is 29.3 Å². The molecule has 1 heterocycles. The molecule has 0 aliphatic rings. The molecule has 2 N–H and O–H groups in total. The Kier molecular flexibility index (Phi) is 6.01. The molecule has 0 bridgehead atoms. The number of aromatic nitrogens is 1. The molecule has 2 atom stereocenters. The monoisotopic (exact) mass is 352 g/mol. The first kappa shape index (κ1) is 17.7. The first-order valence-electron chi connectivity index (χ1n) is 7.41. The Morgan fingerprint density at radius 2 is 2.04 bits per heavy atom. The third-order valence-electron chi connectivity index (χ3n) is 3.67. The van der Waals surface area contributed by atoms with Crippen LogP contribution in [0.25, 0.3) is 10.2 Å². The van der Waals surface area contributed by atoms with E-state index >= 15 is 0 Å². The number of carbonyl (C=O) groups is 2. The summed E-state index contributed by atoms with van der Waals surface area (Å²) in [6, 6.07) is 6.66. The number of thiol groups is 1. The third-order valence-corrected chi connectivity index (χ3v) is 5.12. The first-order valence-corrected chi connectivity index (χ1v) is 8.85. The van der Waals surface area contributed by atoms with E-state index in [1.54, 1.807) is 0 Å².